The summed E-state index contributed by atoms with van der Waals surface area (Å²) in [7, 11) is -1.32. The van der Waals surface area contributed by atoms with Crippen LogP contribution in [0.1, 0.15) is 51.5 Å². The molecule has 0 amide bonds. The molecule has 4 nitrogen and oxygen atoms in total. The molecule has 1 N–H and O–H groups in total. The summed E-state index contributed by atoms with van der Waals surface area (Å²) >= 11 is 0. The number of rotatable bonds is 4. The van der Waals surface area contributed by atoms with Crippen LogP contribution in [-0.2, 0) is 17.2 Å². The largest absolute Gasteiger partial charge is 0.451 e. The molecule has 0 aliphatic heterocycles. The molecule has 1 aromatic heterocycles. The highest BCUT2D eigenvalue weighted by molar-refractivity contribution is 7.84. The third-order valence-electron chi connectivity index (χ3n) is 2.54. The average molecular weight is 309 g/mol. The van der Waals surface area contributed by atoms with E-state index in [2.05, 4.69) is 14.7 Å². The zero-order valence-corrected chi connectivity index (χ0v) is 12.6. The highest BCUT2D eigenvalue weighted by Crippen LogP contribution is 2.26. The lowest BCUT2D eigenvalue weighted by molar-refractivity contribution is -0.145. The molecule has 0 aromatic carbocycles. The SMILES string of the molecule is CC[C@H](NS(=O)C(C)(C)C)c1cnc(C(F)(F)F)nc1. The molecule has 1 rings (SSSR count). The van der Waals surface area contributed by atoms with E-state index in [9.17, 15) is 17.4 Å². The third-order valence-corrected chi connectivity index (χ3v) is 4.15. The van der Waals surface area contributed by atoms with Crippen LogP contribution < -0.4 is 4.72 Å². The number of hydrogen-bond acceptors (Lipinski definition) is 3. The van der Waals surface area contributed by atoms with Crippen molar-refractivity contribution in [1.29, 1.82) is 0 Å². The minimum Gasteiger partial charge on any atom is -0.242 e. The first-order valence-corrected chi connectivity index (χ1v) is 7.28. The predicted octanol–water partition coefficient (Wildman–Crippen LogP) is 3.00. The summed E-state index contributed by atoms with van der Waals surface area (Å²) < 4.78 is 51.6. The van der Waals surface area contributed by atoms with Crippen molar-refractivity contribution in [1.82, 2.24) is 14.7 Å². The molecule has 0 radical (unpaired) electrons. The van der Waals surface area contributed by atoms with Gasteiger partial charge in [-0.3, -0.25) is 0 Å². The molecule has 1 aromatic rings. The summed E-state index contributed by atoms with van der Waals surface area (Å²) in [4.78, 5) is 6.63. The molecule has 0 saturated heterocycles. The van der Waals surface area contributed by atoms with Gasteiger partial charge in [0.15, 0.2) is 0 Å². The monoisotopic (exact) mass is 309 g/mol. The highest BCUT2D eigenvalue weighted by atomic mass is 32.2. The number of nitrogens with one attached hydrogen (secondary N) is 1. The molecule has 2 atom stereocenters. The quantitative estimate of drug-likeness (QED) is 0.930. The number of nitrogens with zero attached hydrogens (tertiary/aromatic N) is 2. The van der Waals surface area contributed by atoms with Gasteiger partial charge in [-0.1, -0.05) is 6.92 Å². The van der Waals surface area contributed by atoms with Gasteiger partial charge in [0.25, 0.3) is 0 Å². The van der Waals surface area contributed by atoms with E-state index < -0.39 is 27.7 Å². The van der Waals surface area contributed by atoms with Gasteiger partial charge in [0, 0.05) is 24.0 Å². The van der Waals surface area contributed by atoms with Crippen molar-refractivity contribution in [2.24, 2.45) is 0 Å². The summed E-state index contributed by atoms with van der Waals surface area (Å²) in [6.45, 7) is 7.28. The topological polar surface area (TPSA) is 54.9 Å². The van der Waals surface area contributed by atoms with Gasteiger partial charge in [0.05, 0.1) is 15.7 Å². The third kappa shape index (κ3) is 4.52. The molecule has 8 heteroatoms. The zero-order valence-electron chi connectivity index (χ0n) is 11.8. The molecule has 1 unspecified atom stereocenters. The second kappa shape index (κ2) is 6.17. The van der Waals surface area contributed by atoms with Crippen molar-refractivity contribution < 1.29 is 17.4 Å². The predicted molar refractivity (Wildman–Crippen MR) is 71.1 cm³/mol. The Kier molecular flexibility index (Phi) is 5.26. The van der Waals surface area contributed by atoms with Crippen LogP contribution in [0.15, 0.2) is 12.4 Å². The van der Waals surface area contributed by atoms with Crippen LogP contribution in [0, 0.1) is 0 Å². The van der Waals surface area contributed by atoms with E-state index in [0.29, 0.717) is 12.0 Å². The van der Waals surface area contributed by atoms with E-state index in [1.807, 2.05) is 27.7 Å². The Morgan fingerprint density at radius 1 is 1.25 bits per heavy atom. The summed E-state index contributed by atoms with van der Waals surface area (Å²) in [5.41, 5.74) is 0.484. The lowest BCUT2D eigenvalue weighted by Crippen LogP contribution is -2.35. The molecule has 114 valence electrons. The molecule has 20 heavy (non-hydrogen) atoms. The Morgan fingerprint density at radius 2 is 1.75 bits per heavy atom. The van der Waals surface area contributed by atoms with E-state index >= 15 is 0 Å². The summed E-state index contributed by atoms with van der Waals surface area (Å²) in [5, 5.41) is 0. The van der Waals surface area contributed by atoms with Crippen molar-refractivity contribution in [3.8, 4) is 0 Å². The minimum absolute atomic E-state index is 0.350. The molecule has 0 aliphatic carbocycles. The van der Waals surface area contributed by atoms with Crippen molar-refractivity contribution in [2.45, 2.75) is 51.1 Å². The second-order valence-electron chi connectivity index (χ2n) is 5.30. The van der Waals surface area contributed by atoms with E-state index in [1.165, 1.54) is 0 Å². The van der Waals surface area contributed by atoms with E-state index in [1.54, 1.807) is 0 Å². The first-order valence-electron chi connectivity index (χ1n) is 6.13. The molecular weight excluding hydrogens is 291 g/mol. The van der Waals surface area contributed by atoms with Crippen LogP contribution in [0.5, 0.6) is 0 Å². The Bertz CT molecular complexity index is 468. The average Bonchev–Trinajstić information content (AvgIpc) is 2.33. The van der Waals surface area contributed by atoms with Crippen LogP contribution in [-0.4, -0.2) is 18.9 Å². The van der Waals surface area contributed by atoms with Gasteiger partial charge in [-0.05, 0) is 27.2 Å². The number of halogens is 3. The first kappa shape index (κ1) is 17.0. The number of aromatic nitrogens is 2. The fourth-order valence-corrected chi connectivity index (χ4v) is 2.27. The zero-order chi connectivity index (χ0) is 15.6. The normalized spacial score (nSPS) is 15.9. The summed E-state index contributed by atoms with van der Waals surface area (Å²) in [6, 6.07) is -0.350. The van der Waals surface area contributed by atoms with Gasteiger partial charge in [0.1, 0.15) is 0 Å². The molecule has 1 heterocycles. The lowest BCUT2D eigenvalue weighted by Gasteiger charge is -2.23. The van der Waals surface area contributed by atoms with Crippen molar-refractivity contribution in [3.05, 3.63) is 23.8 Å². The van der Waals surface area contributed by atoms with Crippen molar-refractivity contribution >= 4 is 11.0 Å². The molecule has 0 aliphatic rings. The Hall–Kier alpha value is -1.02. The van der Waals surface area contributed by atoms with Gasteiger partial charge in [-0.2, -0.15) is 13.2 Å². The fraction of sp³-hybridized carbons (Fsp3) is 0.667. The van der Waals surface area contributed by atoms with Gasteiger partial charge < -0.3 is 0 Å². The van der Waals surface area contributed by atoms with Crippen LogP contribution in [0.3, 0.4) is 0 Å². The molecular formula is C12H18F3N3OS. The van der Waals surface area contributed by atoms with Crippen LogP contribution in [0.4, 0.5) is 13.2 Å². The smallest absolute Gasteiger partial charge is 0.242 e. The summed E-state index contributed by atoms with van der Waals surface area (Å²) in [5.74, 6) is -1.17. The van der Waals surface area contributed by atoms with E-state index in [-0.39, 0.29) is 6.04 Å². The Morgan fingerprint density at radius 3 is 2.10 bits per heavy atom. The maximum atomic E-state index is 12.4. The van der Waals surface area contributed by atoms with Gasteiger partial charge in [-0.15, -0.1) is 0 Å². The van der Waals surface area contributed by atoms with Crippen LogP contribution in [0.2, 0.25) is 0 Å². The molecule has 0 bridgehead atoms. The minimum atomic E-state index is -4.55. The maximum Gasteiger partial charge on any atom is 0.451 e. The Labute approximate surface area is 118 Å². The van der Waals surface area contributed by atoms with Crippen molar-refractivity contribution in [2.75, 3.05) is 0 Å². The first-order chi connectivity index (χ1) is 9.05. The summed E-state index contributed by atoms with van der Waals surface area (Å²) in [6.07, 6.45) is -1.74. The van der Waals surface area contributed by atoms with Gasteiger partial charge in [0.2, 0.25) is 5.82 Å². The molecule has 0 saturated carbocycles. The number of hydrogen-bond donors (Lipinski definition) is 1. The van der Waals surface area contributed by atoms with E-state index in [4.69, 9.17) is 0 Å². The maximum absolute atomic E-state index is 12.4. The fourth-order valence-electron chi connectivity index (χ4n) is 1.36. The Balaban J connectivity index is 2.89. The van der Waals surface area contributed by atoms with Gasteiger partial charge >= 0.3 is 6.18 Å². The standard InChI is InChI=1S/C12H18F3N3OS/c1-5-9(18-20(19)11(2,3)4)8-6-16-10(17-7-8)12(13,14)15/h6-7,9,18H,5H2,1-4H3/t9-,20?/m0/s1. The molecule has 0 fully saturated rings. The van der Waals surface area contributed by atoms with Crippen molar-refractivity contribution in [3.63, 3.8) is 0 Å². The van der Waals surface area contributed by atoms with E-state index in [0.717, 1.165) is 12.4 Å². The van der Waals surface area contributed by atoms with Crippen LogP contribution in [0.25, 0.3) is 0 Å². The second-order valence-corrected chi connectivity index (χ2v) is 7.30. The van der Waals surface area contributed by atoms with Gasteiger partial charge in [-0.25, -0.2) is 18.9 Å². The number of alkyl halides is 3. The lowest BCUT2D eigenvalue weighted by atomic mass is 10.1. The van der Waals surface area contributed by atoms with Crippen LogP contribution >= 0.6 is 0 Å². The molecule has 0 spiro atoms. The highest BCUT2D eigenvalue weighted by Gasteiger charge is 2.34.